The summed E-state index contributed by atoms with van der Waals surface area (Å²) in [5, 5.41) is 4.48. The number of imidazole rings is 1. The number of ether oxygens (including phenoxy) is 1. The lowest BCUT2D eigenvalue weighted by atomic mass is 9.92. The number of benzene rings is 2. The van der Waals surface area contributed by atoms with Crippen molar-refractivity contribution in [3.63, 3.8) is 0 Å². The lowest BCUT2D eigenvalue weighted by molar-refractivity contribution is -0.138. The standard InChI is InChI=1S/C25H22F3N5O/c1-16-14-32(15-29-16)21-9-7-17(13-22(21)34-2)8-10-23-30-24-19(11-12-33(24)31-23)18-5-3-4-6-20(18)25(26,27)28/h3-10,13-15,19H,11-12H2,1-2H3/b10-8+. The first-order chi connectivity index (χ1) is 16.3. The van der Waals surface area contributed by atoms with E-state index in [4.69, 9.17) is 4.74 Å². The van der Waals surface area contributed by atoms with Gasteiger partial charge in [-0.25, -0.2) is 14.6 Å². The van der Waals surface area contributed by atoms with Crippen LogP contribution in [0, 0.1) is 6.92 Å². The summed E-state index contributed by atoms with van der Waals surface area (Å²) in [4.78, 5) is 8.80. The topological polar surface area (TPSA) is 57.8 Å². The summed E-state index contributed by atoms with van der Waals surface area (Å²) in [5.41, 5.74) is 2.28. The Morgan fingerprint density at radius 2 is 1.94 bits per heavy atom. The van der Waals surface area contributed by atoms with Crippen LogP contribution in [0.2, 0.25) is 0 Å². The number of fused-ring (bicyclic) bond motifs is 1. The van der Waals surface area contributed by atoms with Crippen molar-refractivity contribution in [2.24, 2.45) is 0 Å². The number of aryl methyl sites for hydroxylation is 2. The average molecular weight is 465 g/mol. The minimum Gasteiger partial charge on any atom is -0.495 e. The second kappa shape index (κ2) is 8.48. The van der Waals surface area contributed by atoms with Gasteiger partial charge in [-0.2, -0.15) is 18.3 Å². The zero-order valence-electron chi connectivity index (χ0n) is 18.6. The minimum absolute atomic E-state index is 0.242. The van der Waals surface area contributed by atoms with Gasteiger partial charge in [-0.05, 0) is 48.7 Å². The van der Waals surface area contributed by atoms with Gasteiger partial charge in [-0.1, -0.05) is 30.3 Å². The Bertz CT molecular complexity index is 1370. The van der Waals surface area contributed by atoms with E-state index in [0.29, 0.717) is 30.4 Å². The molecule has 174 valence electrons. The Kier molecular flexibility index (Phi) is 5.47. The Labute approximate surface area is 194 Å². The predicted octanol–water partition coefficient (Wildman–Crippen LogP) is 5.51. The molecule has 2 aromatic carbocycles. The van der Waals surface area contributed by atoms with E-state index in [2.05, 4.69) is 15.1 Å². The van der Waals surface area contributed by atoms with Crippen molar-refractivity contribution in [1.82, 2.24) is 24.3 Å². The Balaban J connectivity index is 1.41. The Morgan fingerprint density at radius 3 is 2.68 bits per heavy atom. The van der Waals surface area contributed by atoms with Crippen molar-refractivity contribution in [2.45, 2.75) is 32.0 Å². The molecule has 6 nitrogen and oxygen atoms in total. The average Bonchev–Trinajstić information content (AvgIpc) is 3.52. The number of halogens is 3. The maximum Gasteiger partial charge on any atom is 0.416 e. The first-order valence-electron chi connectivity index (χ1n) is 10.8. The van der Waals surface area contributed by atoms with Gasteiger partial charge < -0.3 is 9.30 Å². The minimum atomic E-state index is -4.41. The summed E-state index contributed by atoms with van der Waals surface area (Å²) in [6.45, 7) is 2.45. The first-order valence-corrected chi connectivity index (χ1v) is 10.8. The van der Waals surface area contributed by atoms with Gasteiger partial charge in [0.1, 0.15) is 11.6 Å². The summed E-state index contributed by atoms with van der Waals surface area (Å²) in [5.74, 6) is 1.26. The lowest BCUT2D eigenvalue weighted by Crippen LogP contribution is -2.12. The zero-order valence-corrected chi connectivity index (χ0v) is 18.6. The van der Waals surface area contributed by atoms with Crippen LogP contribution in [0.3, 0.4) is 0 Å². The molecular weight excluding hydrogens is 443 g/mol. The van der Waals surface area contributed by atoms with E-state index < -0.39 is 17.7 Å². The maximum atomic E-state index is 13.5. The van der Waals surface area contributed by atoms with Crippen molar-refractivity contribution in [3.05, 3.63) is 89.0 Å². The van der Waals surface area contributed by atoms with E-state index in [-0.39, 0.29) is 5.56 Å². The zero-order chi connectivity index (χ0) is 23.9. The van der Waals surface area contributed by atoms with Crippen LogP contribution in [0.15, 0.2) is 55.0 Å². The van der Waals surface area contributed by atoms with E-state index in [1.807, 2.05) is 42.0 Å². The van der Waals surface area contributed by atoms with E-state index >= 15 is 0 Å². The smallest absolute Gasteiger partial charge is 0.416 e. The molecule has 1 unspecified atom stereocenters. The number of alkyl halides is 3. The monoisotopic (exact) mass is 465 g/mol. The number of hydrogen-bond acceptors (Lipinski definition) is 4. The van der Waals surface area contributed by atoms with E-state index in [1.165, 1.54) is 12.1 Å². The third-order valence-electron chi connectivity index (χ3n) is 5.92. The molecule has 0 aliphatic carbocycles. The fourth-order valence-corrected chi connectivity index (χ4v) is 4.33. The van der Waals surface area contributed by atoms with Crippen molar-refractivity contribution in [1.29, 1.82) is 0 Å². The number of methoxy groups -OCH3 is 1. The van der Waals surface area contributed by atoms with Gasteiger partial charge in [-0.15, -0.1) is 0 Å². The van der Waals surface area contributed by atoms with Gasteiger partial charge in [0.15, 0.2) is 5.82 Å². The number of nitrogens with zero attached hydrogens (tertiary/aromatic N) is 5. The van der Waals surface area contributed by atoms with Crippen LogP contribution in [0.4, 0.5) is 13.2 Å². The van der Waals surface area contributed by atoms with Crippen molar-refractivity contribution in [2.75, 3.05) is 7.11 Å². The molecule has 0 amide bonds. The molecule has 0 bridgehead atoms. The lowest BCUT2D eigenvalue weighted by Gasteiger charge is -2.16. The molecule has 4 aromatic rings. The van der Waals surface area contributed by atoms with Crippen molar-refractivity contribution < 1.29 is 17.9 Å². The predicted molar refractivity (Wildman–Crippen MR) is 122 cm³/mol. The highest BCUT2D eigenvalue weighted by atomic mass is 19.4. The summed E-state index contributed by atoms with van der Waals surface area (Å²) in [6.07, 6.45) is 3.39. The number of aromatic nitrogens is 5. The second-order valence-corrected chi connectivity index (χ2v) is 8.16. The molecule has 1 atom stereocenters. The molecule has 3 heterocycles. The van der Waals surface area contributed by atoms with Gasteiger partial charge in [0.2, 0.25) is 0 Å². The Morgan fingerprint density at radius 1 is 1.12 bits per heavy atom. The fourth-order valence-electron chi connectivity index (χ4n) is 4.33. The fraction of sp³-hybridized carbons (Fsp3) is 0.240. The highest BCUT2D eigenvalue weighted by molar-refractivity contribution is 5.69. The molecule has 0 N–H and O–H groups in total. The van der Waals surface area contributed by atoms with E-state index in [1.54, 1.807) is 30.3 Å². The molecule has 0 fully saturated rings. The molecule has 9 heteroatoms. The van der Waals surface area contributed by atoms with Gasteiger partial charge in [0, 0.05) is 18.7 Å². The van der Waals surface area contributed by atoms with Crippen LogP contribution in [-0.2, 0) is 12.7 Å². The molecule has 0 spiro atoms. The van der Waals surface area contributed by atoms with Gasteiger partial charge in [0.05, 0.1) is 30.4 Å². The highest BCUT2D eigenvalue weighted by Gasteiger charge is 2.38. The van der Waals surface area contributed by atoms with Crippen molar-refractivity contribution in [3.8, 4) is 11.4 Å². The summed E-state index contributed by atoms with van der Waals surface area (Å²) >= 11 is 0. The van der Waals surface area contributed by atoms with E-state index in [0.717, 1.165) is 23.0 Å². The molecule has 34 heavy (non-hydrogen) atoms. The number of rotatable bonds is 5. The van der Waals surface area contributed by atoms with Gasteiger partial charge in [-0.3, -0.25) is 0 Å². The molecule has 5 rings (SSSR count). The van der Waals surface area contributed by atoms with Crippen LogP contribution < -0.4 is 4.74 Å². The molecule has 0 saturated carbocycles. The van der Waals surface area contributed by atoms with Crippen LogP contribution in [0.1, 0.15) is 46.4 Å². The third kappa shape index (κ3) is 4.09. The first kappa shape index (κ1) is 21.9. The quantitative estimate of drug-likeness (QED) is 0.390. The van der Waals surface area contributed by atoms with Gasteiger partial charge in [0.25, 0.3) is 0 Å². The van der Waals surface area contributed by atoms with Crippen molar-refractivity contribution >= 4 is 12.2 Å². The molecular formula is C25H22F3N5O. The van der Waals surface area contributed by atoms with E-state index in [9.17, 15) is 13.2 Å². The van der Waals surface area contributed by atoms with Gasteiger partial charge >= 0.3 is 6.18 Å². The molecule has 2 aromatic heterocycles. The summed E-state index contributed by atoms with van der Waals surface area (Å²) in [7, 11) is 1.61. The second-order valence-electron chi connectivity index (χ2n) is 8.16. The largest absolute Gasteiger partial charge is 0.495 e. The molecule has 1 aliphatic rings. The van der Waals surface area contributed by atoms with Crippen LogP contribution >= 0.6 is 0 Å². The maximum absolute atomic E-state index is 13.5. The third-order valence-corrected chi connectivity index (χ3v) is 5.92. The summed E-state index contributed by atoms with van der Waals surface area (Å²) < 4.78 is 49.7. The molecule has 1 aliphatic heterocycles. The van der Waals surface area contributed by atoms with Crippen LogP contribution in [0.5, 0.6) is 5.75 Å². The van der Waals surface area contributed by atoms with Crippen LogP contribution in [0.25, 0.3) is 17.8 Å². The number of hydrogen-bond donors (Lipinski definition) is 0. The molecule has 0 saturated heterocycles. The SMILES string of the molecule is COc1cc(/C=C/c2nc3n(n2)CCC3c2ccccc2C(F)(F)F)ccc1-n1cnc(C)c1. The summed E-state index contributed by atoms with van der Waals surface area (Å²) in [6, 6.07) is 11.5. The molecule has 0 radical (unpaired) electrons. The van der Waals surface area contributed by atoms with Crippen LogP contribution in [-0.4, -0.2) is 31.4 Å². The highest BCUT2D eigenvalue weighted by Crippen LogP contribution is 2.40. The Hall–Kier alpha value is -3.88. The normalized spacial score (nSPS) is 15.7.